The Labute approximate surface area is 187 Å². The Bertz CT molecular complexity index is 787. The van der Waals surface area contributed by atoms with Crippen molar-refractivity contribution >= 4 is 28.7 Å². The number of nitrogens with zero attached hydrogens (tertiary/aromatic N) is 2. The predicted molar refractivity (Wildman–Crippen MR) is 134 cm³/mol. The van der Waals surface area contributed by atoms with Gasteiger partial charge in [0, 0.05) is 25.3 Å². The first kappa shape index (κ1) is 25.8. The third kappa shape index (κ3) is 8.64. The quantitative estimate of drug-likeness (QED) is 0.237. The molecule has 1 aromatic rings. The first-order valence-corrected chi connectivity index (χ1v) is 11.0. The van der Waals surface area contributed by atoms with Crippen molar-refractivity contribution in [1.29, 1.82) is 0 Å². The molecule has 0 aliphatic rings. The second-order valence-electron chi connectivity index (χ2n) is 7.65. The van der Waals surface area contributed by atoms with Crippen LogP contribution in [0.4, 0.5) is 5.69 Å². The maximum absolute atomic E-state index is 6.38. The maximum atomic E-state index is 6.38. The molecule has 0 aliphatic carbocycles. The van der Waals surface area contributed by atoms with Crippen molar-refractivity contribution in [3.05, 3.63) is 59.0 Å². The second kappa shape index (κ2) is 13.1. The zero-order valence-corrected chi connectivity index (χ0v) is 19.9. The van der Waals surface area contributed by atoms with Crippen LogP contribution in [0.5, 0.6) is 0 Å². The number of rotatable bonds is 11. The lowest BCUT2D eigenvalue weighted by Gasteiger charge is -2.22. The van der Waals surface area contributed by atoms with Crippen molar-refractivity contribution in [2.24, 2.45) is 16.5 Å². The Balaban J connectivity index is 3.01. The van der Waals surface area contributed by atoms with E-state index >= 15 is 0 Å². The van der Waals surface area contributed by atoms with Crippen molar-refractivity contribution in [2.75, 3.05) is 18.4 Å². The minimum Gasteiger partial charge on any atom is -0.397 e. The number of halogens is 1. The summed E-state index contributed by atoms with van der Waals surface area (Å²) < 4.78 is 0. The van der Waals surface area contributed by atoms with Crippen LogP contribution in [0.2, 0.25) is 5.02 Å². The van der Waals surface area contributed by atoms with Gasteiger partial charge in [-0.15, -0.1) is 0 Å². The average Bonchev–Trinajstić information content (AvgIpc) is 2.71. The predicted octanol–water partition coefficient (Wildman–Crippen LogP) is 5.75. The third-order valence-electron chi connectivity index (χ3n) is 4.66. The second-order valence-corrected chi connectivity index (χ2v) is 8.05. The van der Waals surface area contributed by atoms with Crippen molar-refractivity contribution in [3.8, 4) is 0 Å². The van der Waals surface area contributed by atoms with Crippen molar-refractivity contribution in [2.45, 2.75) is 59.9 Å². The van der Waals surface area contributed by atoms with Gasteiger partial charge in [-0.05, 0) is 63.3 Å². The smallest absolute Gasteiger partial charge is 0.101 e. The summed E-state index contributed by atoms with van der Waals surface area (Å²) in [6, 6.07) is 5.88. The van der Waals surface area contributed by atoms with Gasteiger partial charge in [-0.25, -0.2) is 4.99 Å². The lowest BCUT2D eigenvalue weighted by Crippen LogP contribution is -2.30. The van der Waals surface area contributed by atoms with Gasteiger partial charge >= 0.3 is 0 Å². The fraction of sp³-hybridized carbons (Fsp3) is 0.458. The van der Waals surface area contributed by atoms with Crippen molar-refractivity contribution in [1.82, 2.24) is 4.90 Å². The summed E-state index contributed by atoms with van der Waals surface area (Å²) in [5.41, 5.74) is 15.9. The van der Waals surface area contributed by atoms with Gasteiger partial charge in [0.1, 0.15) is 5.84 Å². The van der Waals surface area contributed by atoms with Crippen LogP contribution in [0.3, 0.4) is 0 Å². The summed E-state index contributed by atoms with van der Waals surface area (Å²) >= 11 is 6.38. The lowest BCUT2D eigenvalue weighted by molar-refractivity contribution is 0.414. The Kier molecular flexibility index (Phi) is 11.3. The summed E-state index contributed by atoms with van der Waals surface area (Å²) in [5, 5.41) is 3.82. The SMILES string of the molecule is C=C(Nc1cc(/C(C)=C/N=C(C)N(CCC)CCC)ccc1Cl)/C(N)=C/CC(C)N. The number of benzene rings is 1. The molecule has 1 atom stereocenters. The monoisotopic (exact) mass is 431 g/mol. The van der Waals surface area contributed by atoms with Crippen LogP contribution in [-0.4, -0.2) is 29.9 Å². The summed E-state index contributed by atoms with van der Waals surface area (Å²) in [4.78, 5) is 7.01. The lowest BCUT2D eigenvalue weighted by atomic mass is 10.1. The highest BCUT2D eigenvalue weighted by Crippen LogP contribution is 2.28. The van der Waals surface area contributed by atoms with Crippen LogP contribution in [0.25, 0.3) is 5.57 Å². The molecule has 166 valence electrons. The Hall–Kier alpha value is -2.24. The highest BCUT2D eigenvalue weighted by molar-refractivity contribution is 6.33. The molecular weight excluding hydrogens is 394 g/mol. The van der Waals surface area contributed by atoms with E-state index < -0.39 is 0 Å². The number of hydrogen-bond donors (Lipinski definition) is 3. The largest absolute Gasteiger partial charge is 0.397 e. The molecule has 30 heavy (non-hydrogen) atoms. The number of allylic oxidation sites excluding steroid dienone is 1. The van der Waals surface area contributed by atoms with E-state index in [2.05, 4.69) is 42.6 Å². The van der Waals surface area contributed by atoms with Gasteiger partial charge in [0.15, 0.2) is 0 Å². The number of hydrogen-bond acceptors (Lipinski definition) is 4. The molecule has 5 nitrogen and oxygen atoms in total. The molecule has 0 saturated carbocycles. The minimum absolute atomic E-state index is 0.0469. The molecule has 1 rings (SSSR count). The summed E-state index contributed by atoms with van der Waals surface area (Å²) in [6.07, 6.45) is 6.68. The molecule has 0 spiro atoms. The van der Waals surface area contributed by atoms with Crippen molar-refractivity contribution < 1.29 is 0 Å². The van der Waals surface area contributed by atoms with Gasteiger partial charge < -0.3 is 21.7 Å². The van der Waals surface area contributed by atoms with Crippen LogP contribution in [0.1, 0.15) is 59.4 Å². The normalized spacial score (nSPS) is 13.9. The summed E-state index contributed by atoms with van der Waals surface area (Å²) in [7, 11) is 0. The van der Waals surface area contributed by atoms with E-state index in [-0.39, 0.29) is 6.04 Å². The van der Waals surface area contributed by atoms with Crippen molar-refractivity contribution in [3.63, 3.8) is 0 Å². The molecule has 0 aliphatic heterocycles. The zero-order chi connectivity index (χ0) is 22.7. The topological polar surface area (TPSA) is 79.7 Å². The molecule has 0 radical (unpaired) electrons. The van der Waals surface area contributed by atoms with Crippen LogP contribution in [0.15, 0.2) is 53.4 Å². The van der Waals surface area contributed by atoms with Gasteiger partial charge in [-0.2, -0.15) is 0 Å². The number of amidine groups is 1. The number of nitrogens with two attached hydrogens (primary N) is 2. The highest BCUT2D eigenvalue weighted by atomic mass is 35.5. The van der Waals surface area contributed by atoms with Gasteiger partial charge in [0.25, 0.3) is 0 Å². The number of aliphatic imine (C=N–C) groups is 1. The molecule has 0 bridgehead atoms. The molecule has 0 saturated heterocycles. The molecule has 0 fully saturated rings. The fourth-order valence-electron chi connectivity index (χ4n) is 2.86. The molecular formula is C24H38ClN5. The van der Waals surface area contributed by atoms with Gasteiger partial charge in [-0.1, -0.05) is 44.2 Å². The molecule has 1 unspecified atom stereocenters. The highest BCUT2D eigenvalue weighted by Gasteiger charge is 2.07. The minimum atomic E-state index is 0.0469. The number of nitrogens with one attached hydrogen (secondary N) is 1. The first-order chi connectivity index (χ1) is 14.2. The summed E-state index contributed by atoms with van der Waals surface area (Å²) in [6.45, 7) is 16.5. The number of anilines is 1. The van der Waals surface area contributed by atoms with E-state index in [1.54, 1.807) is 0 Å². The van der Waals surface area contributed by atoms with E-state index in [1.165, 1.54) is 0 Å². The molecule has 0 aromatic heterocycles. The van der Waals surface area contributed by atoms with Crippen LogP contribution < -0.4 is 16.8 Å². The zero-order valence-electron chi connectivity index (χ0n) is 19.1. The molecule has 5 N–H and O–H groups in total. The Morgan fingerprint density at radius 2 is 1.90 bits per heavy atom. The van der Waals surface area contributed by atoms with E-state index in [1.807, 2.05) is 44.3 Å². The Morgan fingerprint density at radius 1 is 1.27 bits per heavy atom. The van der Waals surface area contributed by atoms with E-state index in [4.69, 9.17) is 23.1 Å². The van der Waals surface area contributed by atoms with Crippen LogP contribution in [-0.2, 0) is 0 Å². The fourth-order valence-corrected chi connectivity index (χ4v) is 3.02. The van der Waals surface area contributed by atoms with Gasteiger partial charge in [-0.3, -0.25) is 0 Å². The maximum Gasteiger partial charge on any atom is 0.101 e. The Morgan fingerprint density at radius 3 is 2.47 bits per heavy atom. The van der Waals surface area contributed by atoms with Gasteiger partial charge in [0.05, 0.1) is 22.1 Å². The standard InChI is InChI=1S/C24H38ClN5/c1-7-13-30(14-8-2)20(6)28-16-17(3)21-10-11-22(25)24(15-21)29-19(5)23(27)12-9-18(4)26/h10-12,15-16,18,29H,5,7-9,13-14,26-27H2,1-4,6H3/b17-16+,23-12-,28-20?. The summed E-state index contributed by atoms with van der Waals surface area (Å²) in [5.74, 6) is 1.03. The third-order valence-corrected chi connectivity index (χ3v) is 4.98. The first-order valence-electron chi connectivity index (χ1n) is 10.6. The van der Waals surface area contributed by atoms with Crippen LogP contribution >= 0.6 is 11.6 Å². The molecule has 0 heterocycles. The van der Waals surface area contributed by atoms with Crippen LogP contribution in [0, 0.1) is 0 Å². The van der Waals surface area contributed by atoms with Gasteiger partial charge in [0.2, 0.25) is 0 Å². The van der Waals surface area contributed by atoms with E-state index in [0.717, 1.165) is 48.6 Å². The van der Waals surface area contributed by atoms with E-state index in [9.17, 15) is 0 Å². The average molecular weight is 432 g/mol. The van der Waals surface area contributed by atoms with E-state index in [0.29, 0.717) is 22.8 Å². The molecule has 1 aromatic carbocycles. The molecule has 0 amide bonds. The molecule has 6 heteroatoms.